The maximum Gasteiger partial charge on any atom is 0.0107 e. The maximum absolute atomic E-state index is 2.64. The molecule has 1 nitrogen and oxygen atoms in total. The maximum atomic E-state index is 2.64. The van der Waals surface area contributed by atoms with Crippen molar-refractivity contribution in [2.75, 3.05) is 13.1 Å². The summed E-state index contributed by atoms with van der Waals surface area (Å²) in [4.78, 5) is 2.64. The molecule has 1 aliphatic heterocycles. The second-order valence-corrected chi connectivity index (χ2v) is 4.64. The first-order valence-electron chi connectivity index (χ1n) is 6.14. The molecular formula is C14H21N. The Bertz CT molecular complexity index is 275. The third-order valence-corrected chi connectivity index (χ3v) is 3.39. The lowest BCUT2D eigenvalue weighted by atomic mass is 10.0. The first kappa shape index (κ1) is 10.7. The van der Waals surface area contributed by atoms with E-state index in [0.29, 0.717) is 6.04 Å². The van der Waals surface area contributed by atoms with E-state index in [2.05, 4.69) is 42.2 Å². The van der Waals surface area contributed by atoms with Gasteiger partial charge in [0.1, 0.15) is 0 Å². The lowest BCUT2D eigenvalue weighted by Gasteiger charge is -2.32. The zero-order valence-electron chi connectivity index (χ0n) is 9.65. The second kappa shape index (κ2) is 5.32. The van der Waals surface area contributed by atoms with Crippen molar-refractivity contribution in [2.24, 2.45) is 0 Å². The van der Waals surface area contributed by atoms with Crippen LogP contribution in [0.3, 0.4) is 0 Å². The molecule has 1 heteroatoms. The smallest absolute Gasteiger partial charge is 0.0107 e. The van der Waals surface area contributed by atoms with Crippen molar-refractivity contribution in [3.8, 4) is 0 Å². The quantitative estimate of drug-likeness (QED) is 0.729. The van der Waals surface area contributed by atoms with Gasteiger partial charge in [-0.3, -0.25) is 0 Å². The van der Waals surface area contributed by atoms with E-state index in [0.717, 1.165) is 0 Å². The normalized spacial score (nSPS) is 20.1. The summed E-state index contributed by atoms with van der Waals surface area (Å²) in [6, 6.07) is 11.5. The van der Waals surface area contributed by atoms with Gasteiger partial charge >= 0.3 is 0 Å². The van der Waals surface area contributed by atoms with Crippen molar-refractivity contribution in [1.82, 2.24) is 4.90 Å². The van der Waals surface area contributed by atoms with E-state index < -0.39 is 0 Å². The van der Waals surface area contributed by atoms with Crippen LogP contribution in [0.4, 0.5) is 0 Å². The summed E-state index contributed by atoms with van der Waals surface area (Å²) in [5, 5.41) is 0. The Balaban J connectivity index is 1.88. The van der Waals surface area contributed by atoms with Gasteiger partial charge in [-0.05, 0) is 44.8 Å². The Morgan fingerprint density at radius 3 is 2.40 bits per heavy atom. The van der Waals surface area contributed by atoms with Crippen molar-refractivity contribution in [2.45, 2.75) is 38.6 Å². The van der Waals surface area contributed by atoms with Crippen LogP contribution in [0.5, 0.6) is 0 Å². The average molecular weight is 203 g/mol. The van der Waals surface area contributed by atoms with Gasteiger partial charge in [0.05, 0.1) is 0 Å². The van der Waals surface area contributed by atoms with Crippen LogP contribution in [-0.4, -0.2) is 24.0 Å². The van der Waals surface area contributed by atoms with Crippen LogP contribution in [0.1, 0.15) is 31.7 Å². The van der Waals surface area contributed by atoms with Gasteiger partial charge in [0.15, 0.2) is 0 Å². The third-order valence-electron chi connectivity index (χ3n) is 3.39. The minimum absolute atomic E-state index is 0.702. The molecule has 0 saturated carbocycles. The zero-order valence-corrected chi connectivity index (χ0v) is 9.65. The molecule has 82 valence electrons. The van der Waals surface area contributed by atoms with Crippen LogP contribution >= 0.6 is 0 Å². The fourth-order valence-corrected chi connectivity index (χ4v) is 2.44. The highest BCUT2D eigenvalue weighted by molar-refractivity contribution is 5.15. The van der Waals surface area contributed by atoms with E-state index in [1.165, 1.54) is 44.3 Å². The zero-order chi connectivity index (χ0) is 10.5. The topological polar surface area (TPSA) is 3.24 Å². The van der Waals surface area contributed by atoms with Crippen LogP contribution < -0.4 is 0 Å². The van der Waals surface area contributed by atoms with E-state index in [1.54, 1.807) is 0 Å². The molecule has 0 unspecified atom stereocenters. The van der Waals surface area contributed by atoms with Crippen molar-refractivity contribution < 1.29 is 0 Å². The van der Waals surface area contributed by atoms with Crippen LogP contribution in [0, 0.1) is 0 Å². The predicted octanol–water partition coefficient (Wildman–Crippen LogP) is 3.10. The van der Waals surface area contributed by atoms with Gasteiger partial charge in [-0.25, -0.2) is 0 Å². The fourth-order valence-electron chi connectivity index (χ4n) is 2.44. The van der Waals surface area contributed by atoms with Crippen LogP contribution in [0.25, 0.3) is 0 Å². The molecule has 0 aromatic heterocycles. The Kier molecular flexibility index (Phi) is 3.79. The molecule has 0 aliphatic carbocycles. The van der Waals surface area contributed by atoms with Crippen LogP contribution in [0.2, 0.25) is 0 Å². The number of hydrogen-bond donors (Lipinski definition) is 0. The number of piperidine rings is 1. The largest absolute Gasteiger partial charge is 0.300 e. The third kappa shape index (κ3) is 3.07. The van der Waals surface area contributed by atoms with Gasteiger partial charge in [0, 0.05) is 6.04 Å². The summed E-state index contributed by atoms with van der Waals surface area (Å²) >= 11 is 0. The molecule has 15 heavy (non-hydrogen) atoms. The highest BCUT2D eigenvalue weighted by Crippen LogP contribution is 2.15. The molecule has 1 aliphatic rings. The molecule has 0 radical (unpaired) electrons. The highest BCUT2D eigenvalue weighted by Gasteiger charge is 2.16. The molecule has 1 aromatic carbocycles. The summed E-state index contributed by atoms with van der Waals surface area (Å²) in [5.74, 6) is 0. The van der Waals surface area contributed by atoms with Gasteiger partial charge in [-0.2, -0.15) is 0 Å². The van der Waals surface area contributed by atoms with Gasteiger partial charge in [-0.1, -0.05) is 36.8 Å². The summed E-state index contributed by atoms with van der Waals surface area (Å²) < 4.78 is 0. The minimum atomic E-state index is 0.702. The van der Waals surface area contributed by atoms with E-state index in [9.17, 15) is 0 Å². The van der Waals surface area contributed by atoms with E-state index in [-0.39, 0.29) is 0 Å². The SMILES string of the molecule is C[C@@H](Cc1ccccc1)N1CCCCC1. The van der Waals surface area contributed by atoms with Gasteiger partial charge in [0.2, 0.25) is 0 Å². The van der Waals surface area contributed by atoms with Gasteiger partial charge in [0.25, 0.3) is 0 Å². The number of hydrogen-bond acceptors (Lipinski definition) is 1. The molecule has 0 N–H and O–H groups in total. The van der Waals surface area contributed by atoms with Gasteiger partial charge < -0.3 is 4.90 Å². The van der Waals surface area contributed by atoms with Crippen molar-refractivity contribution in [3.63, 3.8) is 0 Å². The lowest BCUT2D eigenvalue weighted by molar-refractivity contribution is 0.173. The Morgan fingerprint density at radius 2 is 1.73 bits per heavy atom. The number of nitrogens with zero attached hydrogens (tertiary/aromatic N) is 1. The standard InChI is InChI=1S/C14H21N/c1-13(15-10-6-3-7-11-15)12-14-8-4-2-5-9-14/h2,4-5,8-9,13H,3,6-7,10-12H2,1H3/t13-/m0/s1. The van der Waals surface area contributed by atoms with Gasteiger partial charge in [-0.15, -0.1) is 0 Å². The highest BCUT2D eigenvalue weighted by atomic mass is 15.1. The summed E-state index contributed by atoms with van der Waals surface area (Å²) in [5.41, 5.74) is 1.47. The first-order valence-corrected chi connectivity index (χ1v) is 6.14. The predicted molar refractivity (Wildman–Crippen MR) is 65.0 cm³/mol. The van der Waals surface area contributed by atoms with E-state index >= 15 is 0 Å². The van der Waals surface area contributed by atoms with Crippen molar-refractivity contribution in [1.29, 1.82) is 0 Å². The Hall–Kier alpha value is -0.820. The molecule has 1 atom stereocenters. The first-order chi connectivity index (χ1) is 7.36. The Labute approximate surface area is 93.1 Å². The van der Waals surface area contributed by atoms with Crippen molar-refractivity contribution in [3.05, 3.63) is 35.9 Å². The molecular weight excluding hydrogens is 182 g/mol. The molecule has 1 heterocycles. The molecule has 1 fully saturated rings. The van der Waals surface area contributed by atoms with E-state index in [4.69, 9.17) is 0 Å². The number of likely N-dealkylation sites (tertiary alicyclic amines) is 1. The molecule has 2 rings (SSSR count). The Morgan fingerprint density at radius 1 is 1.07 bits per heavy atom. The van der Waals surface area contributed by atoms with Crippen molar-refractivity contribution >= 4 is 0 Å². The minimum Gasteiger partial charge on any atom is -0.300 e. The average Bonchev–Trinajstić information content (AvgIpc) is 2.31. The summed E-state index contributed by atoms with van der Waals surface area (Å²) in [6.45, 7) is 4.96. The summed E-state index contributed by atoms with van der Waals surface area (Å²) in [7, 11) is 0. The molecule has 1 aromatic rings. The molecule has 1 saturated heterocycles. The molecule has 0 amide bonds. The van der Waals surface area contributed by atoms with Crippen LogP contribution in [0.15, 0.2) is 30.3 Å². The number of benzene rings is 1. The second-order valence-electron chi connectivity index (χ2n) is 4.64. The molecule has 0 spiro atoms. The molecule has 0 bridgehead atoms. The number of rotatable bonds is 3. The van der Waals surface area contributed by atoms with E-state index in [1.807, 2.05) is 0 Å². The monoisotopic (exact) mass is 203 g/mol. The fraction of sp³-hybridized carbons (Fsp3) is 0.571. The van der Waals surface area contributed by atoms with Crippen LogP contribution in [-0.2, 0) is 6.42 Å². The summed E-state index contributed by atoms with van der Waals surface area (Å²) in [6.07, 6.45) is 5.40. The lowest BCUT2D eigenvalue weighted by Crippen LogP contribution is -2.38.